The number of ether oxygens (including phenoxy) is 1. The Hall–Kier alpha value is -3.87. The number of carbonyl (C=O) groups is 3. The van der Waals surface area contributed by atoms with Gasteiger partial charge < -0.3 is 9.64 Å². The lowest BCUT2D eigenvalue weighted by Crippen LogP contribution is -2.40. The van der Waals surface area contributed by atoms with Crippen molar-refractivity contribution in [3.05, 3.63) is 68.6 Å². The van der Waals surface area contributed by atoms with E-state index in [1.165, 1.54) is 24.3 Å². The van der Waals surface area contributed by atoms with Crippen LogP contribution in [0.1, 0.15) is 24.0 Å². The molecule has 0 radical (unpaired) electrons. The highest BCUT2D eigenvalue weighted by atomic mass is 32.2. The zero-order chi connectivity index (χ0) is 26.0. The van der Waals surface area contributed by atoms with Gasteiger partial charge in [-0.2, -0.15) is 13.2 Å². The number of nitro groups is 1. The molecule has 0 saturated carbocycles. The number of amides is 3. The first-order valence-electron chi connectivity index (χ1n) is 10.7. The number of rotatable bonds is 6. The number of thioether (sulfide) groups is 1. The lowest BCUT2D eigenvalue weighted by Gasteiger charge is -2.18. The van der Waals surface area contributed by atoms with Crippen molar-refractivity contribution in [1.82, 2.24) is 9.80 Å². The molecule has 0 aromatic heterocycles. The molecule has 13 heteroatoms. The van der Waals surface area contributed by atoms with E-state index in [0.717, 1.165) is 23.8 Å². The third-order valence-corrected chi connectivity index (χ3v) is 6.44. The van der Waals surface area contributed by atoms with E-state index in [1.54, 1.807) is 11.0 Å². The summed E-state index contributed by atoms with van der Waals surface area (Å²) in [6, 6.07) is 7.91. The van der Waals surface area contributed by atoms with E-state index in [0.29, 0.717) is 37.0 Å². The Morgan fingerprint density at radius 3 is 2.47 bits per heavy atom. The summed E-state index contributed by atoms with van der Waals surface area (Å²) in [5.74, 6) is -1.42. The fraction of sp³-hybridized carbons (Fsp3) is 0.261. The van der Waals surface area contributed by atoms with Crippen molar-refractivity contribution in [3.63, 3.8) is 0 Å². The first-order chi connectivity index (χ1) is 17.0. The third-order valence-electron chi connectivity index (χ3n) is 5.53. The van der Waals surface area contributed by atoms with E-state index in [1.807, 2.05) is 0 Å². The maximum Gasteiger partial charge on any atom is 0.416 e. The number of hydrogen-bond acceptors (Lipinski definition) is 7. The molecule has 0 bridgehead atoms. The van der Waals surface area contributed by atoms with Gasteiger partial charge in [-0.05, 0) is 48.9 Å². The Bertz CT molecular complexity index is 1270. The van der Waals surface area contributed by atoms with Crippen LogP contribution < -0.4 is 4.74 Å². The summed E-state index contributed by atoms with van der Waals surface area (Å²) < 4.78 is 44.5. The van der Waals surface area contributed by atoms with Crippen LogP contribution in [0, 0.1) is 10.1 Å². The predicted molar refractivity (Wildman–Crippen MR) is 123 cm³/mol. The quantitative estimate of drug-likeness (QED) is 0.297. The number of nitro benzene ring substituents is 1. The van der Waals surface area contributed by atoms with Crippen molar-refractivity contribution in [1.29, 1.82) is 0 Å². The molecule has 2 aromatic rings. The number of halogens is 3. The Balaban J connectivity index is 1.58. The van der Waals surface area contributed by atoms with Crippen LogP contribution in [0.2, 0.25) is 0 Å². The zero-order valence-corrected chi connectivity index (χ0v) is 19.3. The number of hydrogen-bond donors (Lipinski definition) is 0. The van der Waals surface area contributed by atoms with Gasteiger partial charge in [0.25, 0.3) is 11.1 Å². The summed E-state index contributed by atoms with van der Waals surface area (Å²) in [6.45, 7) is 0.773. The van der Waals surface area contributed by atoms with Crippen molar-refractivity contribution >= 4 is 40.6 Å². The van der Waals surface area contributed by atoms with Gasteiger partial charge in [-0.1, -0.05) is 18.2 Å². The van der Waals surface area contributed by atoms with Gasteiger partial charge in [0.1, 0.15) is 12.3 Å². The fourth-order valence-corrected chi connectivity index (χ4v) is 4.54. The lowest BCUT2D eigenvalue weighted by molar-refractivity contribution is -0.385. The molecule has 0 N–H and O–H groups in total. The fourth-order valence-electron chi connectivity index (χ4n) is 3.71. The van der Waals surface area contributed by atoms with Crippen molar-refractivity contribution in [2.24, 2.45) is 0 Å². The molecule has 4 rings (SSSR count). The van der Waals surface area contributed by atoms with E-state index in [9.17, 15) is 37.7 Å². The van der Waals surface area contributed by atoms with E-state index in [-0.39, 0.29) is 28.7 Å². The summed E-state index contributed by atoms with van der Waals surface area (Å²) in [5.41, 5.74) is -1.84. The van der Waals surface area contributed by atoms with Crippen LogP contribution in [0.4, 0.5) is 23.7 Å². The van der Waals surface area contributed by atoms with Crippen molar-refractivity contribution in [3.8, 4) is 11.5 Å². The van der Waals surface area contributed by atoms with Crippen molar-refractivity contribution in [2.45, 2.75) is 19.0 Å². The largest absolute Gasteiger partial charge is 0.449 e. The maximum atomic E-state index is 13.0. The molecular weight excluding hydrogens is 503 g/mol. The number of para-hydroxylation sites is 1. The molecule has 0 spiro atoms. The molecule has 3 amide bonds. The number of nitrogens with zero attached hydrogens (tertiary/aromatic N) is 3. The highest BCUT2D eigenvalue weighted by Gasteiger charge is 2.38. The zero-order valence-electron chi connectivity index (χ0n) is 18.5. The van der Waals surface area contributed by atoms with Crippen LogP contribution in [0.15, 0.2) is 47.4 Å². The number of imide groups is 1. The second kappa shape index (κ2) is 10.0. The molecule has 0 aliphatic carbocycles. The SMILES string of the molecule is O=C(CN1C(=O)S/C(=C/c2ccccc2Oc2ccc(C(F)(F)F)cc2[N+](=O)[O-])C1=O)N1CCCC1. The van der Waals surface area contributed by atoms with Gasteiger partial charge in [0.2, 0.25) is 11.7 Å². The predicted octanol–water partition coefficient (Wildman–Crippen LogP) is 5.06. The molecular formula is C23H18F3N3O6S. The average molecular weight is 521 g/mol. The van der Waals surface area contributed by atoms with E-state index < -0.39 is 39.2 Å². The molecule has 2 aliphatic rings. The van der Waals surface area contributed by atoms with Gasteiger partial charge in [-0.25, -0.2) is 0 Å². The van der Waals surface area contributed by atoms with E-state index in [2.05, 4.69) is 0 Å². The molecule has 2 saturated heterocycles. The highest BCUT2D eigenvalue weighted by Crippen LogP contribution is 2.40. The molecule has 0 atom stereocenters. The Morgan fingerprint density at radius 2 is 1.81 bits per heavy atom. The van der Waals surface area contributed by atoms with Crippen LogP contribution >= 0.6 is 11.8 Å². The molecule has 2 aliphatic heterocycles. The maximum absolute atomic E-state index is 13.0. The molecule has 36 heavy (non-hydrogen) atoms. The van der Waals surface area contributed by atoms with Gasteiger partial charge >= 0.3 is 11.9 Å². The minimum absolute atomic E-state index is 0.00666. The average Bonchev–Trinajstić information content (AvgIpc) is 3.45. The Kier molecular flexibility index (Phi) is 7.02. The van der Waals surface area contributed by atoms with Gasteiger partial charge in [0, 0.05) is 24.7 Å². The number of likely N-dealkylation sites (tertiary alicyclic amines) is 1. The molecule has 0 unspecified atom stereocenters. The van der Waals surface area contributed by atoms with Crippen LogP contribution in [0.5, 0.6) is 11.5 Å². The van der Waals surface area contributed by atoms with Gasteiger partial charge in [-0.3, -0.25) is 29.4 Å². The standard InChI is InChI=1S/C23H18F3N3O6S/c24-23(25,26)15-7-8-18(16(12-15)29(33)34)35-17-6-2-1-5-14(17)11-19-21(31)28(22(32)36-19)13-20(30)27-9-3-4-10-27/h1-2,5-8,11-12H,3-4,9-10,13H2/b19-11+. The van der Waals surface area contributed by atoms with Crippen molar-refractivity contribution in [2.75, 3.05) is 19.6 Å². The monoisotopic (exact) mass is 521 g/mol. The number of carbonyl (C=O) groups excluding carboxylic acids is 3. The van der Waals surface area contributed by atoms with Crippen molar-refractivity contribution < 1.29 is 37.2 Å². The van der Waals surface area contributed by atoms with Crippen LogP contribution in [-0.4, -0.2) is 51.4 Å². The summed E-state index contributed by atoms with van der Waals surface area (Å²) in [4.78, 5) is 50.5. The topological polar surface area (TPSA) is 110 Å². The third kappa shape index (κ3) is 5.35. The summed E-state index contributed by atoms with van der Waals surface area (Å²) >= 11 is 0.628. The summed E-state index contributed by atoms with van der Waals surface area (Å²) in [7, 11) is 0. The normalized spacial score (nSPS) is 17.2. The molecule has 188 valence electrons. The van der Waals surface area contributed by atoms with Gasteiger partial charge in [0.15, 0.2) is 0 Å². The number of alkyl halides is 3. The smallest absolute Gasteiger partial charge is 0.416 e. The number of benzene rings is 2. The second-order valence-electron chi connectivity index (χ2n) is 7.93. The Morgan fingerprint density at radius 1 is 1.11 bits per heavy atom. The second-order valence-corrected chi connectivity index (χ2v) is 8.93. The highest BCUT2D eigenvalue weighted by molar-refractivity contribution is 8.18. The van der Waals surface area contributed by atoms with E-state index in [4.69, 9.17) is 4.74 Å². The van der Waals surface area contributed by atoms with Crippen LogP contribution in [0.25, 0.3) is 6.08 Å². The first-order valence-corrected chi connectivity index (χ1v) is 11.5. The summed E-state index contributed by atoms with van der Waals surface area (Å²) in [6.07, 6.45) is -1.72. The minimum Gasteiger partial charge on any atom is -0.449 e. The van der Waals surface area contributed by atoms with Gasteiger partial charge in [-0.15, -0.1) is 0 Å². The molecule has 2 fully saturated rings. The first kappa shape index (κ1) is 25.2. The van der Waals surface area contributed by atoms with Gasteiger partial charge in [0.05, 0.1) is 15.4 Å². The lowest BCUT2D eigenvalue weighted by atomic mass is 10.1. The Labute approximate surface area is 206 Å². The molecule has 2 heterocycles. The van der Waals surface area contributed by atoms with E-state index >= 15 is 0 Å². The summed E-state index contributed by atoms with van der Waals surface area (Å²) in [5, 5.41) is 10.8. The van der Waals surface area contributed by atoms with Crippen LogP contribution in [-0.2, 0) is 15.8 Å². The van der Waals surface area contributed by atoms with Crippen LogP contribution in [0.3, 0.4) is 0 Å². The molecule has 9 nitrogen and oxygen atoms in total. The molecule has 2 aromatic carbocycles. The minimum atomic E-state index is -4.78.